The van der Waals surface area contributed by atoms with Crippen LogP contribution in [0.15, 0.2) is 53.5 Å². The van der Waals surface area contributed by atoms with E-state index in [0.717, 1.165) is 24.3 Å². The van der Waals surface area contributed by atoms with Gasteiger partial charge >= 0.3 is 0 Å². The van der Waals surface area contributed by atoms with E-state index in [9.17, 15) is 9.59 Å². The molecular weight excluding hydrogens is 420 g/mol. The molecule has 8 heteroatoms. The van der Waals surface area contributed by atoms with Crippen LogP contribution in [0.3, 0.4) is 0 Å². The van der Waals surface area contributed by atoms with Gasteiger partial charge in [-0.1, -0.05) is 23.7 Å². The Balaban J connectivity index is 1.39. The van der Waals surface area contributed by atoms with Gasteiger partial charge in [0.15, 0.2) is 0 Å². The van der Waals surface area contributed by atoms with E-state index in [4.69, 9.17) is 11.6 Å². The molecule has 30 heavy (non-hydrogen) atoms. The van der Waals surface area contributed by atoms with Gasteiger partial charge in [-0.2, -0.15) is 0 Å². The molecule has 1 aliphatic heterocycles. The van der Waals surface area contributed by atoms with Crippen molar-refractivity contribution in [1.82, 2.24) is 14.3 Å². The van der Waals surface area contributed by atoms with Gasteiger partial charge < -0.3 is 9.80 Å². The van der Waals surface area contributed by atoms with Gasteiger partial charge in [0.2, 0.25) is 0 Å². The Hall–Kier alpha value is -2.90. The van der Waals surface area contributed by atoms with E-state index in [1.165, 1.54) is 11.3 Å². The summed E-state index contributed by atoms with van der Waals surface area (Å²) in [6, 6.07) is 13.2. The number of anilines is 1. The van der Waals surface area contributed by atoms with Gasteiger partial charge in [-0.25, -0.2) is 4.98 Å². The highest BCUT2D eigenvalue weighted by molar-refractivity contribution is 7.20. The summed E-state index contributed by atoms with van der Waals surface area (Å²) < 4.78 is 1.54. The molecule has 1 amide bonds. The normalized spacial score (nSPS) is 14.6. The highest BCUT2D eigenvalue weighted by Crippen LogP contribution is 2.25. The molecule has 1 aliphatic rings. The average molecular weight is 439 g/mol. The summed E-state index contributed by atoms with van der Waals surface area (Å²) in [6.45, 7) is 4.64. The Kier molecular flexibility index (Phi) is 4.72. The Labute approximate surface area is 181 Å². The number of halogens is 1. The fraction of sp³-hybridized carbons (Fsp3) is 0.227. The molecule has 0 bridgehead atoms. The SMILES string of the molecule is Cc1ccc2nc3sc(C(=O)N4CCN(c5cccc(Cl)c5)CC4)cc3c(=O)n2c1. The van der Waals surface area contributed by atoms with E-state index in [-0.39, 0.29) is 11.5 Å². The first-order valence-corrected chi connectivity index (χ1v) is 10.9. The topological polar surface area (TPSA) is 57.9 Å². The van der Waals surface area contributed by atoms with E-state index >= 15 is 0 Å². The lowest BCUT2D eigenvalue weighted by molar-refractivity contribution is 0.0751. The number of aryl methyl sites for hydroxylation is 1. The Morgan fingerprint density at radius 1 is 1.10 bits per heavy atom. The molecule has 0 spiro atoms. The molecule has 4 aromatic rings. The molecule has 3 aromatic heterocycles. The molecule has 0 N–H and O–H groups in total. The van der Waals surface area contributed by atoms with Gasteiger partial charge in [-0.3, -0.25) is 14.0 Å². The first-order valence-electron chi connectivity index (χ1n) is 9.72. The molecule has 0 saturated carbocycles. The van der Waals surface area contributed by atoms with Gasteiger partial charge in [0, 0.05) is 43.1 Å². The third-order valence-electron chi connectivity index (χ3n) is 5.40. The second-order valence-corrected chi connectivity index (χ2v) is 8.91. The van der Waals surface area contributed by atoms with Crippen LogP contribution in [0.1, 0.15) is 15.2 Å². The van der Waals surface area contributed by atoms with Gasteiger partial charge in [0.25, 0.3) is 11.5 Å². The van der Waals surface area contributed by atoms with Crippen LogP contribution in [0.25, 0.3) is 15.9 Å². The number of benzene rings is 1. The predicted molar refractivity (Wildman–Crippen MR) is 121 cm³/mol. The lowest BCUT2D eigenvalue weighted by atomic mass is 10.2. The van der Waals surface area contributed by atoms with Crippen molar-refractivity contribution in [2.24, 2.45) is 0 Å². The first kappa shape index (κ1) is 19.1. The zero-order chi connectivity index (χ0) is 20.8. The fourth-order valence-electron chi connectivity index (χ4n) is 3.81. The smallest absolute Gasteiger partial charge is 0.266 e. The Morgan fingerprint density at radius 3 is 2.67 bits per heavy atom. The summed E-state index contributed by atoms with van der Waals surface area (Å²) in [5.74, 6) is -0.0478. The number of nitrogens with zero attached hydrogens (tertiary/aromatic N) is 4. The number of thiophene rings is 1. The number of carbonyl (C=O) groups is 1. The molecule has 1 aromatic carbocycles. The van der Waals surface area contributed by atoms with Crippen molar-refractivity contribution in [2.45, 2.75) is 6.92 Å². The van der Waals surface area contributed by atoms with Gasteiger partial charge in [0.05, 0.1) is 10.3 Å². The summed E-state index contributed by atoms with van der Waals surface area (Å²) in [7, 11) is 0. The number of piperazine rings is 1. The molecule has 5 rings (SSSR count). The highest BCUT2D eigenvalue weighted by atomic mass is 35.5. The van der Waals surface area contributed by atoms with Crippen LogP contribution in [0.4, 0.5) is 5.69 Å². The second kappa shape index (κ2) is 7.41. The number of hydrogen-bond acceptors (Lipinski definition) is 5. The molecule has 6 nitrogen and oxygen atoms in total. The fourth-order valence-corrected chi connectivity index (χ4v) is 4.99. The van der Waals surface area contributed by atoms with Crippen molar-refractivity contribution < 1.29 is 4.79 Å². The molecule has 0 radical (unpaired) electrons. The van der Waals surface area contributed by atoms with E-state index in [0.29, 0.717) is 38.9 Å². The number of pyridine rings is 1. The summed E-state index contributed by atoms with van der Waals surface area (Å²) in [5.41, 5.74) is 2.50. The van der Waals surface area contributed by atoms with Gasteiger partial charge in [-0.15, -0.1) is 11.3 Å². The van der Waals surface area contributed by atoms with Crippen molar-refractivity contribution in [3.8, 4) is 0 Å². The maximum atomic E-state index is 13.1. The minimum Gasteiger partial charge on any atom is -0.368 e. The lowest BCUT2D eigenvalue weighted by Crippen LogP contribution is -2.48. The summed E-state index contributed by atoms with van der Waals surface area (Å²) in [6.07, 6.45) is 1.78. The van der Waals surface area contributed by atoms with E-state index in [1.807, 2.05) is 48.2 Å². The minimum absolute atomic E-state index is 0.0478. The number of hydrogen-bond donors (Lipinski definition) is 0. The van der Waals surface area contributed by atoms with Crippen molar-refractivity contribution in [3.05, 3.63) is 74.5 Å². The number of rotatable bonds is 2. The molecule has 4 heterocycles. The summed E-state index contributed by atoms with van der Waals surface area (Å²) >= 11 is 7.38. The first-order chi connectivity index (χ1) is 14.5. The summed E-state index contributed by atoms with van der Waals surface area (Å²) in [5, 5.41) is 1.20. The Morgan fingerprint density at radius 2 is 1.90 bits per heavy atom. The van der Waals surface area contributed by atoms with Crippen molar-refractivity contribution in [2.75, 3.05) is 31.1 Å². The minimum atomic E-state index is -0.139. The number of carbonyl (C=O) groups excluding carboxylic acids is 1. The highest BCUT2D eigenvalue weighted by Gasteiger charge is 2.24. The molecule has 152 valence electrons. The maximum Gasteiger partial charge on any atom is 0.266 e. The van der Waals surface area contributed by atoms with E-state index < -0.39 is 0 Å². The molecule has 0 aliphatic carbocycles. The zero-order valence-electron chi connectivity index (χ0n) is 16.3. The number of fused-ring (bicyclic) bond motifs is 2. The summed E-state index contributed by atoms with van der Waals surface area (Å²) in [4.78, 5) is 35.8. The van der Waals surface area contributed by atoms with Crippen LogP contribution in [0, 0.1) is 6.92 Å². The molecule has 0 unspecified atom stereocenters. The maximum absolute atomic E-state index is 13.1. The third-order valence-corrected chi connectivity index (χ3v) is 6.66. The van der Waals surface area contributed by atoms with Crippen LogP contribution in [0.5, 0.6) is 0 Å². The molecule has 1 fully saturated rings. The van der Waals surface area contributed by atoms with Crippen molar-refractivity contribution in [1.29, 1.82) is 0 Å². The average Bonchev–Trinajstić information content (AvgIpc) is 3.18. The monoisotopic (exact) mass is 438 g/mol. The largest absolute Gasteiger partial charge is 0.368 e. The van der Waals surface area contributed by atoms with Crippen LogP contribution in [-0.4, -0.2) is 46.4 Å². The number of aromatic nitrogens is 2. The van der Waals surface area contributed by atoms with Crippen molar-refractivity contribution >= 4 is 50.4 Å². The van der Waals surface area contributed by atoms with Crippen LogP contribution in [-0.2, 0) is 0 Å². The van der Waals surface area contributed by atoms with Crippen LogP contribution < -0.4 is 10.5 Å². The molecule has 0 atom stereocenters. The Bertz CT molecular complexity index is 1340. The quantitative estimate of drug-likeness (QED) is 0.477. The predicted octanol–water partition coefficient (Wildman–Crippen LogP) is 3.83. The van der Waals surface area contributed by atoms with E-state index in [1.54, 1.807) is 16.7 Å². The zero-order valence-corrected chi connectivity index (χ0v) is 17.9. The van der Waals surface area contributed by atoms with Gasteiger partial charge in [-0.05, 0) is 42.8 Å². The molecule has 1 saturated heterocycles. The number of amides is 1. The standard InChI is InChI=1S/C22H19ClN4O2S/c1-14-5-6-19-24-20-17(21(28)27(19)13-14)12-18(30-20)22(29)26-9-7-25(8-10-26)16-4-2-3-15(23)11-16/h2-6,11-13H,7-10H2,1H3. The molecular formula is C22H19ClN4O2S. The van der Waals surface area contributed by atoms with Crippen LogP contribution in [0.2, 0.25) is 5.02 Å². The van der Waals surface area contributed by atoms with Gasteiger partial charge in [0.1, 0.15) is 10.5 Å². The van der Waals surface area contributed by atoms with Crippen LogP contribution >= 0.6 is 22.9 Å². The van der Waals surface area contributed by atoms with E-state index in [2.05, 4.69) is 9.88 Å². The third kappa shape index (κ3) is 3.34. The second-order valence-electron chi connectivity index (χ2n) is 7.44. The lowest BCUT2D eigenvalue weighted by Gasteiger charge is -2.36. The van der Waals surface area contributed by atoms with Crippen molar-refractivity contribution in [3.63, 3.8) is 0 Å².